The Morgan fingerprint density at radius 2 is 1.83 bits per heavy atom. The molecular weight excluding hydrogens is 315 g/mol. The molecule has 1 aliphatic rings. The highest BCUT2D eigenvalue weighted by atomic mass is 19.1. The van der Waals surface area contributed by atoms with Gasteiger partial charge in [-0.15, -0.1) is 0 Å². The van der Waals surface area contributed by atoms with Crippen LogP contribution in [0.1, 0.15) is 31.7 Å². The van der Waals surface area contributed by atoms with Gasteiger partial charge in [0.2, 0.25) is 5.91 Å². The van der Waals surface area contributed by atoms with E-state index in [1.807, 2.05) is 0 Å². The van der Waals surface area contributed by atoms with Crippen LogP contribution < -0.4 is 5.73 Å². The van der Waals surface area contributed by atoms with Crippen molar-refractivity contribution in [3.05, 3.63) is 35.6 Å². The Kier molecular flexibility index (Phi) is 7.81. The highest BCUT2D eigenvalue weighted by molar-refractivity contribution is 5.78. The van der Waals surface area contributed by atoms with Crippen LogP contribution in [0.15, 0.2) is 24.3 Å². The molecule has 0 bridgehead atoms. The molecule has 1 fully saturated rings. The zero-order chi connectivity index (χ0) is 18.3. The fourth-order valence-corrected chi connectivity index (χ4v) is 2.67. The van der Waals surface area contributed by atoms with Gasteiger partial charge in [0.1, 0.15) is 5.82 Å². The zero-order valence-corrected chi connectivity index (χ0v) is 14.0. The van der Waals surface area contributed by atoms with Crippen LogP contribution in [0.5, 0.6) is 0 Å². The molecule has 1 aromatic carbocycles. The number of nitrogens with two attached hydrogens (primary N) is 1. The summed E-state index contributed by atoms with van der Waals surface area (Å²) >= 11 is 0. The third-order valence-electron chi connectivity index (χ3n) is 3.92. The zero-order valence-electron chi connectivity index (χ0n) is 14.0. The van der Waals surface area contributed by atoms with Crippen LogP contribution >= 0.6 is 0 Å². The molecule has 0 aromatic heterocycles. The predicted octanol–water partition coefficient (Wildman–Crippen LogP) is 1.36. The smallest absolute Gasteiger partial charge is 0.300 e. The first-order valence-electron chi connectivity index (χ1n) is 7.83. The van der Waals surface area contributed by atoms with E-state index in [1.54, 1.807) is 24.1 Å². The Hall–Kier alpha value is -1.99. The van der Waals surface area contributed by atoms with Crippen molar-refractivity contribution >= 4 is 11.9 Å². The molecule has 2 rings (SSSR count). The van der Waals surface area contributed by atoms with E-state index in [1.165, 1.54) is 12.1 Å². The molecule has 0 saturated heterocycles. The van der Waals surface area contributed by atoms with Crippen molar-refractivity contribution in [3.8, 4) is 0 Å². The standard InChI is InChI=1S/C15H21FN2O2.C2H4O2/c1-18(9-10-2-5-12(16)6-3-10)15(20)11-4-7-14(19)13(17)8-11;1-2(3)4/h2-3,5-6,11,13-14,19H,4,7-9,17H2,1H3;1H3,(H,3,4)/t11-,13+,14+;/m0./s1. The van der Waals surface area contributed by atoms with Crippen LogP contribution in [0, 0.1) is 11.7 Å². The van der Waals surface area contributed by atoms with E-state index in [-0.39, 0.29) is 23.7 Å². The van der Waals surface area contributed by atoms with Gasteiger partial charge in [0.25, 0.3) is 5.97 Å². The van der Waals surface area contributed by atoms with Gasteiger partial charge in [0.15, 0.2) is 0 Å². The fraction of sp³-hybridized carbons (Fsp3) is 0.529. The van der Waals surface area contributed by atoms with Gasteiger partial charge in [-0.2, -0.15) is 0 Å². The van der Waals surface area contributed by atoms with Gasteiger partial charge in [-0.05, 0) is 37.0 Å². The third kappa shape index (κ3) is 6.64. The number of carboxylic acid groups (broad SMARTS) is 1. The maximum atomic E-state index is 12.8. The molecule has 1 aromatic rings. The summed E-state index contributed by atoms with van der Waals surface area (Å²) in [7, 11) is 1.74. The van der Waals surface area contributed by atoms with Gasteiger partial charge in [-0.1, -0.05) is 12.1 Å². The first-order chi connectivity index (χ1) is 11.2. The number of nitrogens with zero attached hydrogens (tertiary/aromatic N) is 1. The fourth-order valence-electron chi connectivity index (χ4n) is 2.67. The normalized spacial score (nSPS) is 23.0. The highest BCUT2D eigenvalue weighted by Crippen LogP contribution is 2.25. The molecule has 3 atom stereocenters. The molecule has 1 aliphatic carbocycles. The SMILES string of the molecule is CC(=O)O.CN(Cc1ccc(F)cc1)C(=O)[C@H]1CC[C@@H](O)[C@H](N)C1. The Balaban J connectivity index is 0.000000648. The summed E-state index contributed by atoms with van der Waals surface area (Å²) in [4.78, 5) is 23.0. The number of rotatable bonds is 3. The lowest BCUT2D eigenvalue weighted by atomic mass is 9.83. The Morgan fingerprint density at radius 3 is 2.33 bits per heavy atom. The lowest BCUT2D eigenvalue weighted by Crippen LogP contribution is -2.45. The monoisotopic (exact) mass is 340 g/mol. The molecule has 0 heterocycles. The number of aliphatic carboxylic acids is 1. The van der Waals surface area contributed by atoms with Gasteiger partial charge in [-0.25, -0.2) is 4.39 Å². The molecule has 24 heavy (non-hydrogen) atoms. The Bertz CT molecular complexity index is 546. The van der Waals surface area contributed by atoms with E-state index in [4.69, 9.17) is 15.6 Å². The number of carbonyl (C=O) groups excluding carboxylic acids is 1. The molecule has 0 unspecified atom stereocenters. The van der Waals surface area contributed by atoms with Crippen LogP contribution in [0.4, 0.5) is 4.39 Å². The average molecular weight is 340 g/mol. The van der Waals surface area contributed by atoms with E-state index in [0.717, 1.165) is 12.5 Å². The van der Waals surface area contributed by atoms with Crippen molar-refractivity contribution in [2.24, 2.45) is 11.7 Å². The predicted molar refractivity (Wildman–Crippen MR) is 87.5 cm³/mol. The van der Waals surface area contributed by atoms with Crippen LogP contribution in [-0.4, -0.2) is 46.2 Å². The first kappa shape index (κ1) is 20.1. The summed E-state index contributed by atoms with van der Waals surface area (Å²) in [5, 5.41) is 17.0. The number of carbonyl (C=O) groups is 2. The number of carboxylic acids is 1. The van der Waals surface area contributed by atoms with E-state index in [0.29, 0.717) is 25.8 Å². The van der Waals surface area contributed by atoms with Crippen molar-refractivity contribution in [2.45, 2.75) is 44.9 Å². The van der Waals surface area contributed by atoms with Crippen LogP contribution in [0.2, 0.25) is 0 Å². The van der Waals surface area contributed by atoms with E-state index < -0.39 is 12.1 Å². The van der Waals surface area contributed by atoms with Gasteiger partial charge in [0.05, 0.1) is 6.10 Å². The number of aliphatic hydroxyl groups excluding tert-OH is 1. The Morgan fingerprint density at radius 1 is 1.29 bits per heavy atom. The minimum Gasteiger partial charge on any atom is -0.481 e. The number of hydrogen-bond donors (Lipinski definition) is 3. The summed E-state index contributed by atoms with van der Waals surface area (Å²) in [6, 6.07) is 5.81. The molecule has 0 spiro atoms. The molecule has 1 saturated carbocycles. The van der Waals surface area contributed by atoms with E-state index in [2.05, 4.69) is 0 Å². The third-order valence-corrected chi connectivity index (χ3v) is 3.92. The summed E-state index contributed by atoms with van der Waals surface area (Å²) in [6.07, 6.45) is 1.26. The second-order valence-electron chi connectivity index (χ2n) is 6.08. The van der Waals surface area contributed by atoms with Crippen LogP contribution in [-0.2, 0) is 16.1 Å². The van der Waals surface area contributed by atoms with E-state index in [9.17, 15) is 14.3 Å². The molecule has 6 nitrogen and oxygen atoms in total. The van der Waals surface area contributed by atoms with Crippen molar-refractivity contribution in [1.82, 2.24) is 4.90 Å². The van der Waals surface area contributed by atoms with E-state index >= 15 is 0 Å². The molecule has 134 valence electrons. The van der Waals surface area contributed by atoms with Crippen molar-refractivity contribution < 1.29 is 24.2 Å². The van der Waals surface area contributed by atoms with Crippen molar-refractivity contribution in [1.29, 1.82) is 0 Å². The molecule has 1 amide bonds. The number of halogens is 1. The maximum Gasteiger partial charge on any atom is 0.300 e. The average Bonchev–Trinajstić information content (AvgIpc) is 2.51. The van der Waals surface area contributed by atoms with Crippen molar-refractivity contribution in [3.63, 3.8) is 0 Å². The molecule has 4 N–H and O–H groups in total. The number of amides is 1. The Labute approximate surface area is 141 Å². The maximum absolute atomic E-state index is 12.8. The summed E-state index contributed by atoms with van der Waals surface area (Å²) in [5.41, 5.74) is 6.70. The largest absolute Gasteiger partial charge is 0.481 e. The lowest BCUT2D eigenvalue weighted by Gasteiger charge is -2.32. The second kappa shape index (κ2) is 9.34. The van der Waals surface area contributed by atoms with Gasteiger partial charge in [-0.3, -0.25) is 9.59 Å². The summed E-state index contributed by atoms with van der Waals surface area (Å²) in [5.74, 6) is -1.20. The van der Waals surface area contributed by atoms with Crippen LogP contribution in [0.25, 0.3) is 0 Å². The summed E-state index contributed by atoms with van der Waals surface area (Å²) < 4.78 is 12.8. The van der Waals surface area contributed by atoms with Crippen LogP contribution in [0.3, 0.4) is 0 Å². The second-order valence-corrected chi connectivity index (χ2v) is 6.08. The molecule has 0 aliphatic heterocycles. The summed E-state index contributed by atoms with van der Waals surface area (Å²) in [6.45, 7) is 1.54. The topological polar surface area (TPSA) is 104 Å². The molecule has 0 radical (unpaired) electrons. The quantitative estimate of drug-likeness (QED) is 0.771. The minimum absolute atomic E-state index is 0.0386. The molecular formula is C17H25FN2O4. The van der Waals surface area contributed by atoms with Crippen molar-refractivity contribution in [2.75, 3.05) is 7.05 Å². The van der Waals surface area contributed by atoms with Gasteiger partial charge < -0.3 is 20.8 Å². The van der Waals surface area contributed by atoms with Gasteiger partial charge in [0, 0.05) is 32.5 Å². The highest BCUT2D eigenvalue weighted by Gasteiger charge is 2.32. The minimum atomic E-state index is -0.833. The number of aliphatic hydroxyl groups is 1. The number of benzene rings is 1. The number of hydrogen-bond acceptors (Lipinski definition) is 4. The molecule has 7 heteroatoms. The first-order valence-corrected chi connectivity index (χ1v) is 7.83. The lowest BCUT2D eigenvalue weighted by molar-refractivity contribution is -0.137. The van der Waals surface area contributed by atoms with Gasteiger partial charge >= 0.3 is 0 Å².